The molecule has 2 heterocycles. The summed E-state index contributed by atoms with van der Waals surface area (Å²) in [5.74, 6) is 0.321. The number of rotatable bonds is 5. The van der Waals surface area contributed by atoms with E-state index in [0.717, 1.165) is 0 Å². The predicted octanol–water partition coefficient (Wildman–Crippen LogP) is 6.57. The summed E-state index contributed by atoms with van der Waals surface area (Å²) in [7, 11) is 0. The Morgan fingerprint density at radius 2 is 1.82 bits per heavy atom. The molecule has 0 bridgehead atoms. The van der Waals surface area contributed by atoms with Gasteiger partial charge in [-0.05, 0) is 42.5 Å². The molecular formula is C24H14ClN3O5. The van der Waals surface area contributed by atoms with Gasteiger partial charge in [-0.15, -0.1) is 0 Å². The average molecular weight is 460 g/mol. The van der Waals surface area contributed by atoms with Crippen molar-refractivity contribution in [2.75, 3.05) is 5.32 Å². The Morgan fingerprint density at radius 3 is 2.64 bits per heavy atom. The molecule has 0 aliphatic heterocycles. The fourth-order valence-electron chi connectivity index (χ4n) is 3.34. The van der Waals surface area contributed by atoms with Crippen molar-refractivity contribution < 1.29 is 18.6 Å². The van der Waals surface area contributed by atoms with E-state index < -0.39 is 10.8 Å². The van der Waals surface area contributed by atoms with E-state index in [1.165, 1.54) is 18.2 Å². The zero-order valence-electron chi connectivity index (χ0n) is 16.8. The van der Waals surface area contributed by atoms with Crippen LogP contribution in [0.4, 0.5) is 11.4 Å². The van der Waals surface area contributed by atoms with Gasteiger partial charge in [-0.3, -0.25) is 14.9 Å². The number of nitro benzene ring substituents is 1. The second kappa shape index (κ2) is 8.25. The molecule has 1 N–H and O–H groups in total. The van der Waals surface area contributed by atoms with Crippen molar-refractivity contribution in [3.8, 4) is 22.8 Å². The molecule has 3 aromatic carbocycles. The number of hydrogen-bond donors (Lipinski definition) is 1. The van der Waals surface area contributed by atoms with Crippen molar-refractivity contribution in [3.63, 3.8) is 0 Å². The molecule has 9 heteroatoms. The zero-order valence-corrected chi connectivity index (χ0v) is 17.6. The van der Waals surface area contributed by atoms with Crippen LogP contribution in [0.1, 0.15) is 10.6 Å². The molecule has 0 atom stereocenters. The number of carbonyl (C=O) groups is 1. The maximum absolute atomic E-state index is 12.7. The number of nitrogens with one attached hydrogen (secondary N) is 1. The number of oxazole rings is 1. The first-order valence-electron chi connectivity index (χ1n) is 9.79. The smallest absolute Gasteiger partial charge is 0.291 e. The Bertz CT molecular complexity index is 1520. The Morgan fingerprint density at radius 1 is 0.970 bits per heavy atom. The number of furan rings is 1. The third-order valence-corrected chi connectivity index (χ3v) is 5.25. The molecule has 0 spiro atoms. The maximum atomic E-state index is 12.7. The number of benzene rings is 3. The third kappa shape index (κ3) is 4.07. The van der Waals surface area contributed by atoms with Gasteiger partial charge in [0.2, 0.25) is 5.89 Å². The van der Waals surface area contributed by atoms with Gasteiger partial charge in [0.05, 0.1) is 15.5 Å². The summed E-state index contributed by atoms with van der Waals surface area (Å²) in [6.07, 6.45) is 0. The lowest BCUT2D eigenvalue weighted by molar-refractivity contribution is -0.384. The highest BCUT2D eigenvalue weighted by molar-refractivity contribution is 6.33. The summed E-state index contributed by atoms with van der Waals surface area (Å²) >= 11 is 6.22. The van der Waals surface area contributed by atoms with E-state index in [9.17, 15) is 14.9 Å². The summed E-state index contributed by atoms with van der Waals surface area (Å²) in [5.41, 5.74) is 2.71. The van der Waals surface area contributed by atoms with Crippen LogP contribution in [0.5, 0.6) is 0 Å². The average Bonchev–Trinajstić information content (AvgIpc) is 3.47. The maximum Gasteiger partial charge on any atom is 0.291 e. The van der Waals surface area contributed by atoms with E-state index in [1.807, 2.05) is 18.2 Å². The largest absolute Gasteiger partial charge is 0.451 e. The highest BCUT2D eigenvalue weighted by Gasteiger charge is 2.16. The van der Waals surface area contributed by atoms with E-state index in [4.69, 9.17) is 20.4 Å². The van der Waals surface area contributed by atoms with Crippen molar-refractivity contribution in [1.29, 1.82) is 0 Å². The SMILES string of the molecule is O=C(Nc1ccc2oc(-c3ccccc3Cl)nc2c1)c1ccc(-c2cccc([N+](=O)[O-])c2)o1. The molecule has 0 fully saturated rings. The lowest BCUT2D eigenvalue weighted by Gasteiger charge is -2.02. The summed E-state index contributed by atoms with van der Waals surface area (Å²) < 4.78 is 11.4. The first kappa shape index (κ1) is 20.5. The fourth-order valence-corrected chi connectivity index (χ4v) is 3.55. The van der Waals surface area contributed by atoms with Gasteiger partial charge in [-0.1, -0.05) is 35.9 Å². The standard InChI is InChI=1S/C24H14ClN3O5/c25-18-7-2-1-6-17(18)24-27-19-13-15(8-9-21(19)33-24)26-23(29)22-11-10-20(32-22)14-4-3-5-16(12-14)28(30)31/h1-13H,(H,26,29). The lowest BCUT2D eigenvalue weighted by Crippen LogP contribution is -2.10. The highest BCUT2D eigenvalue weighted by atomic mass is 35.5. The molecule has 0 aliphatic rings. The van der Waals surface area contributed by atoms with Crippen molar-refractivity contribution in [1.82, 2.24) is 4.98 Å². The molecule has 5 rings (SSSR count). The zero-order chi connectivity index (χ0) is 22.9. The number of aromatic nitrogens is 1. The molecule has 5 aromatic rings. The van der Waals surface area contributed by atoms with E-state index in [2.05, 4.69) is 10.3 Å². The molecule has 1 amide bonds. The molecular weight excluding hydrogens is 446 g/mol. The quantitative estimate of drug-likeness (QED) is 0.235. The van der Waals surface area contributed by atoms with E-state index in [0.29, 0.717) is 44.6 Å². The Kier molecular flexibility index (Phi) is 5.12. The van der Waals surface area contributed by atoms with Gasteiger partial charge in [0.15, 0.2) is 11.3 Å². The normalized spacial score (nSPS) is 10.9. The molecule has 2 aromatic heterocycles. The molecule has 0 radical (unpaired) electrons. The van der Waals surface area contributed by atoms with Crippen molar-refractivity contribution in [3.05, 3.63) is 99.8 Å². The van der Waals surface area contributed by atoms with Crippen LogP contribution in [0.2, 0.25) is 5.02 Å². The van der Waals surface area contributed by atoms with E-state index >= 15 is 0 Å². The minimum Gasteiger partial charge on any atom is -0.451 e. The molecule has 33 heavy (non-hydrogen) atoms. The number of fused-ring (bicyclic) bond motifs is 1. The molecule has 0 saturated heterocycles. The highest BCUT2D eigenvalue weighted by Crippen LogP contribution is 2.31. The fraction of sp³-hybridized carbons (Fsp3) is 0. The Balaban J connectivity index is 1.37. The number of halogens is 1. The monoisotopic (exact) mass is 459 g/mol. The first-order valence-corrected chi connectivity index (χ1v) is 10.2. The Hall–Kier alpha value is -4.43. The van der Waals surface area contributed by atoms with Crippen LogP contribution in [-0.4, -0.2) is 15.8 Å². The Labute approximate surface area is 191 Å². The predicted molar refractivity (Wildman–Crippen MR) is 123 cm³/mol. The van der Waals surface area contributed by atoms with Crippen molar-refractivity contribution in [2.24, 2.45) is 0 Å². The van der Waals surface area contributed by atoms with Crippen LogP contribution in [0, 0.1) is 10.1 Å². The van der Waals surface area contributed by atoms with Gasteiger partial charge in [-0.2, -0.15) is 0 Å². The molecule has 8 nitrogen and oxygen atoms in total. The van der Waals surface area contributed by atoms with Crippen LogP contribution >= 0.6 is 11.6 Å². The second-order valence-corrected chi connectivity index (χ2v) is 7.51. The van der Waals surface area contributed by atoms with Gasteiger partial charge >= 0.3 is 0 Å². The summed E-state index contributed by atoms with van der Waals surface area (Å²) in [4.78, 5) is 27.6. The van der Waals surface area contributed by atoms with Gasteiger partial charge in [0.25, 0.3) is 11.6 Å². The van der Waals surface area contributed by atoms with Gasteiger partial charge in [-0.25, -0.2) is 4.98 Å². The lowest BCUT2D eigenvalue weighted by atomic mass is 10.1. The number of nitro groups is 1. The number of hydrogen-bond acceptors (Lipinski definition) is 6. The van der Waals surface area contributed by atoms with Crippen LogP contribution in [0.3, 0.4) is 0 Å². The van der Waals surface area contributed by atoms with Crippen LogP contribution in [-0.2, 0) is 0 Å². The molecule has 0 saturated carbocycles. The van der Waals surface area contributed by atoms with Crippen LogP contribution in [0.15, 0.2) is 87.7 Å². The van der Waals surface area contributed by atoms with E-state index in [-0.39, 0.29) is 11.4 Å². The second-order valence-electron chi connectivity index (χ2n) is 7.11. The number of amides is 1. The summed E-state index contributed by atoms with van der Waals surface area (Å²) in [6.45, 7) is 0. The summed E-state index contributed by atoms with van der Waals surface area (Å²) in [5, 5.41) is 14.3. The van der Waals surface area contributed by atoms with E-state index in [1.54, 1.807) is 42.5 Å². The first-order chi connectivity index (χ1) is 16.0. The molecule has 0 unspecified atom stereocenters. The molecule has 0 aliphatic carbocycles. The van der Waals surface area contributed by atoms with Crippen molar-refractivity contribution >= 4 is 40.0 Å². The van der Waals surface area contributed by atoms with Crippen molar-refractivity contribution in [2.45, 2.75) is 0 Å². The number of carbonyl (C=O) groups excluding carboxylic acids is 1. The summed E-state index contributed by atoms with van der Waals surface area (Å²) in [6, 6.07) is 21.4. The third-order valence-electron chi connectivity index (χ3n) is 4.92. The number of nitrogens with zero attached hydrogens (tertiary/aromatic N) is 2. The van der Waals surface area contributed by atoms with Gasteiger partial charge < -0.3 is 14.2 Å². The van der Waals surface area contributed by atoms with Gasteiger partial charge in [0.1, 0.15) is 11.3 Å². The van der Waals surface area contributed by atoms with Crippen LogP contribution < -0.4 is 5.32 Å². The minimum atomic E-state index is -0.489. The van der Waals surface area contributed by atoms with Crippen LogP contribution in [0.25, 0.3) is 33.9 Å². The number of non-ortho nitro benzene ring substituents is 1. The minimum absolute atomic E-state index is 0.0630. The van der Waals surface area contributed by atoms with Gasteiger partial charge in [0, 0.05) is 23.4 Å². The molecule has 162 valence electrons. The number of anilines is 1. The topological polar surface area (TPSA) is 111 Å².